The van der Waals surface area contributed by atoms with Crippen LogP contribution in [0.1, 0.15) is 26.7 Å². The second kappa shape index (κ2) is 5.21. The number of nitriles is 1. The van der Waals surface area contributed by atoms with Gasteiger partial charge in [-0.2, -0.15) is 5.26 Å². The molecule has 1 fully saturated rings. The molecule has 1 aliphatic rings. The van der Waals surface area contributed by atoms with Gasteiger partial charge in [-0.1, -0.05) is 13.8 Å². The van der Waals surface area contributed by atoms with Crippen molar-refractivity contribution in [1.82, 2.24) is 10.2 Å². The molecule has 0 aromatic carbocycles. The number of piperidine rings is 1. The molecule has 3 heteroatoms. The van der Waals surface area contributed by atoms with Crippen LogP contribution in [0.3, 0.4) is 0 Å². The van der Waals surface area contributed by atoms with Crippen molar-refractivity contribution in [3.63, 3.8) is 0 Å². The Morgan fingerprint density at radius 3 is 2.54 bits per heavy atom. The molecule has 0 radical (unpaired) electrons. The summed E-state index contributed by atoms with van der Waals surface area (Å²) in [5.74, 6) is 0. The van der Waals surface area contributed by atoms with E-state index in [4.69, 9.17) is 5.26 Å². The molecule has 0 atom stereocenters. The van der Waals surface area contributed by atoms with Crippen LogP contribution in [0.25, 0.3) is 0 Å². The van der Waals surface area contributed by atoms with Crippen LogP contribution in [0.4, 0.5) is 0 Å². The van der Waals surface area contributed by atoms with Crippen molar-refractivity contribution in [2.24, 2.45) is 0 Å². The number of nitrogens with one attached hydrogen (secondary N) is 1. The molecule has 1 N–H and O–H groups in total. The first-order chi connectivity index (χ1) is 6.22. The fourth-order valence-electron chi connectivity index (χ4n) is 1.83. The molecule has 3 nitrogen and oxygen atoms in total. The number of likely N-dealkylation sites (tertiary alicyclic amines) is 1. The third-order valence-electron chi connectivity index (χ3n) is 2.45. The van der Waals surface area contributed by atoms with Gasteiger partial charge in [0.05, 0.1) is 12.6 Å². The zero-order valence-corrected chi connectivity index (χ0v) is 8.58. The first kappa shape index (κ1) is 10.5. The topological polar surface area (TPSA) is 39.1 Å². The minimum atomic E-state index is 0.576. The van der Waals surface area contributed by atoms with E-state index in [0.717, 1.165) is 13.1 Å². The maximum Gasteiger partial charge on any atom is 0.0866 e. The maximum absolute atomic E-state index is 8.52. The zero-order chi connectivity index (χ0) is 9.68. The predicted molar refractivity (Wildman–Crippen MR) is 53.3 cm³/mol. The van der Waals surface area contributed by atoms with Gasteiger partial charge in [-0.3, -0.25) is 4.90 Å². The maximum atomic E-state index is 8.52. The minimum absolute atomic E-state index is 0.576. The molecule has 1 heterocycles. The lowest BCUT2D eigenvalue weighted by Crippen LogP contribution is -2.44. The Hall–Kier alpha value is -0.590. The normalized spacial score (nSPS) is 20.5. The smallest absolute Gasteiger partial charge is 0.0866 e. The van der Waals surface area contributed by atoms with E-state index in [-0.39, 0.29) is 0 Å². The van der Waals surface area contributed by atoms with E-state index >= 15 is 0 Å². The summed E-state index contributed by atoms with van der Waals surface area (Å²) in [7, 11) is 0. The second-order valence-corrected chi connectivity index (χ2v) is 4.03. The average molecular weight is 181 g/mol. The van der Waals surface area contributed by atoms with Crippen LogP contribution in [-0.2, 0) is 0 Å². The molecule has 0 aromatic rings. The van der Waals surface area contributed by atoms with Crippen LogP contribution < -0.4 is 5.32 Å². The second-order valence-electron chi connectivity index (χ2n) is 4.03. The van der Waals surface area contributed by atoms with E-state index in [0.29, 0.717) is 18.6 Å². The van der Waals surface area contributed by atoms with Crippen molar-refractivity contribution >= 4 is 0 Å². The van der Waals surface area contributed by atoms with Gasteiger partial charge in [0, 0.05) is 25.2 Å². The Labute approximate surface area is 80.7 Å². The lowest BCUT2D eigenvalue weighted by atomic mass is 10.0. The summed E-state index contributed by atoms with van der Waals surface area (Å²) in [6.07, 6.45) is 2.36. The highest BCUT2D eigenvalue weighted by molar-refractivity contribution is 4.83. The molecule has 0 bridgehead atoms. The summed E-state index contributed by atoms with van der Waals surface area (Å²) in [6, 6.07) is 3.44. The average Bonchev–Trinajstić information content (AvgIpc) is 2.08. The lowest BCUT2D eigenvalue weighted by Gasteiger charge is -2.31. The van der Waals surface area contributed by atoms with Gasteiger partial charge in [0.15, 0.2) is 0 Å². The SMILES string of the molecule is CC(C)NC1CCN(CC#N)CC1. The molecule has 13 heavy (non-hydrogen) atoms. The van der Waals surface area contributed by atoms with Gasteiger partial charge in [0.2, 0.25) is 0 Å². The van der Waals surface area contributed by atoms with Gasteiger partial charge in [-0.15, -0.1) is 0 Å². The fourth-order valence-corrected chi connectivity index (χ4v) is 1.83. The van der Waals surface area contributed by atoms with Gasteiger partial charge in [-0.05, 0) is 12.8 Å². The molecule has 0 saturated carbocycles. The molecule has 0 aliphatic carbocycles. The lowest BCUT2D eigenvalue weighted by molar-refractivity contribution is 0.212. The number of nitrogens with zero attached hydrogens (tertiary/aromatic N) is 2. The largest absolute Gasteiger partial charge is 0.312 e. The van der Waals surface area contributed by atoms with E-state index in [1.807, 2.05) is 0 Å². The van der Waals surface area contributed by atoms with Crippen LogP contribution in [-0.4, -0.2) is 36.6 Å². The Morgan fingerprint density at radius 2 is 2.08 bits per heavy atom. The monoisotopic (exact) mass is 181 g/mol. The van der Waals surface area contributed by atoms with E-state index in [9.17, 15) is 0 Å². The van der Waals surface area contributed by atoms with Crippen LogP contribution in [0.15, 0.2) is 0 Å². The number of hydrogen-bond donors (Lipinski definition) is 1. The summed E-state index contributed by atoms with van der Waals surface area (Å²) >= 11 is 0. The first-order valence-electron chi connectivity index (χ1n) is 5.07. The van der Waals surface area contributed by atoms with E-state index in [1.165, 1.54) is 12.8 Å². The van der Waals surface area contributed by atoms with E-state index in [2.05, 4.69) is 30.1 Å². The highest BCUT2D eigenvalue weighted by Crippen LogP contribution is 2.09. The zero-order valence-electron chi connectivity index (χ0n) is 8.58. The minimum Gasteiger partial charge on any atom is -0.312 e. The summed E-state index contributed by atoms with van der Waals surface area (Å²) in [4.78, 5) is 2.22. The Kier molecular flexibility index (Phi) is 4.20. The molecule has 0 aromatic heterocycles. The van der Waals surface area contributed by atoms with Crippen molar-refractivity contribution in [2.45, 2.75) is 38.8 Å². The van der Waals surface area contributed by atoms with Crippen molar-refractivity contribution in [2.75, 3.05) is 19.6 Å². The highest BCUT2D eigenvalue weighted by Gasteiger charge is 2.18. The third-order valence-corrected chi connectivity index (χ3v) is 2.45. The number of rotatable bonds is 3. The summed E-state index contributed by atoms with van der Waals surface area (Å²) < 4.78 is 0. The Morgan fingerprint density at radius 1 is 1.46 bits per heavy atom. The van der Waals surface area contributed by atoms with Gasteiger partial charge in [0.1, 0.15) is 0 Å². The molecule has 1 saturated heterocycles. The van der Waals surface area contributed by atoms with Gasteiger partial charge < -0.3 is 5.32 Å². The highest BCUT2D eigenvalue weighted by atomic mass is 15.1. The van der Waals surface area contributed by atoms with Crippen LogP contribution in [0, 0.1) is 11.3 Å². The first-order valence-corrected chi connectivity index (χ1v) is 5.07. The van der Waals surface area contributed by atoms with Crippen molar-refractivity contribution < 1.29 is 0 Å². The summed E-state index contributed by atoms with van der Waals surface area (Å²) in [5.41, 5.74) is 0. The predicted octanol–water partition coefficient (Wildman–Crippen LogP) is 0.972. The fraction of sp³-hybridized carbons (Fsp3) is 0.900. The standard InChI is InChI=1S/C10H19N3/c1-9(2)12-10-3-6-13(7-4-10)8-5-11/h9-10,12H,3-4,6-8H2,1-2H3. The quantitative estimate of drug-likeness (QED) is 0.659. The summed E-state index contributed by atoms with van der Waals surface area (Å²) in [6.45, 7) is 7.09. The van der Waals surface area contributed by atoms with Crippen LogP contribution in [0.2, 0.25) is 0 Å². The molecule has 74 valence electrons. The van der Waals surface area contributed by atoms with E-state index in [1.54, 1.807) is 0 Å². The van der Waals surface area contributed by atoms with Gasteiger partial charge in [-0.25, -0.2) is 0 Å². The molecule has 1 rings (SSSR count). The molecular formula is C10H19N3. The van der Waals surface area contributed by atoms with Crippen LogP contribution in [0.5, 0.6) is 0 Å². The van der Waals surface area contributed by atoms with Gasteiger partial charge in [0.25, 0.3) is 0 Å². The van der Waals surface area contributed by atoms with Crippen LogP contribution >= 0.6 is 0 Å². The molecular weight excluding hydrogens is 162 g/mol. The summed E-state index contributed by atoms with van der Waals surface area (Å²) in [5, 5.41) is 12.1. The molecule has 0 amide bonds. The van der Waals surface area contributed by atoms with Crippen molar-refractivity contribution in [1.29, 1.82) is 5.26 Å². The molecule has 1 aliphatic heterocycles. The van der Waals surface area contributed by atoms with Crippen molar-refractivity contribution in [3.05, 3.63) is 0 Å². The van der Waals surface area contributed by atoms with Gasteiger partial charge >= 0.3 is 0 Å². The van der Waals surface area contributed by atoms with Crippen molar-refractivity contribution in [3.8, 4) is 6.07 Å². The third kappa shape index (κ3) is 3.75. The Balaban J connectivity index is 2.19. The van der Waals surface area contributed by atoms with E-state index < -0.39 is 0 Å². The molecule has 0 unspecified atom stereocenters. The number of hydrogen-bond acceptors (Lipinski definition) is 3. The molecule has 0 spiro atoms. The Bertz CT molecular complexity index is 175.